The maximum absolute atomic E-state index is 12.6. The number of rotatable bonds is 5. The number of para-hydroxylation sites is 1. The Morgan fingerprint density at radius 3 is 2.75 bits per heavy atom. The first-order valence-electron chi connectivity index (χ1n) is 7.83. The number of carbonyl (C=O) groups excluding carboxylic acids is 1. The van der Waals surface area contributed by atoms with Crippen LogP contribution in [0.4, 0.5) is 0 Å². The summed E-state index contributed by atoms with van der Waals surface area (Å²) in [5.41, 5.74) is -0.226. The molecule has 1 aliphatic heterocycles. The topological polar surface area (TPSA) is 75.0 Å². The van der Waals surface area contributed by atoms with Gasteiger partial charge in [-0.25, -0.2) is 0 Å². The summed E-state index contributed by atoms with van der Waals surface area (Å²) in [4.78, 5) is 16.6. The summed E-state index contributed by atoms with van der Waals surface area (Å²) in [6.45, 7) is 1.74. The highest BCUT2D eigenvalue weighted by molar-refractivity contribution is 5.91. The van der Waals surface area contributed by atoms with Gasteiger partial charge in [0.1, 0.15) is 5.75 Å². The van der Waals surface area contributed by atoms with Crippen LogP contribution in [0.5, 0.6) is 5.75 Å². The van der Waals surface area contributed by atoms with Gasteiger partial charge in [-0.3, -0.25) is 9.78 Å². The van der Waals surface area contributed by atoms with Gasteiger partial charge in [0.15, 0.2) is 12.3 Å². The number of aliphatic hydroxyl groups is 1. The van der Waals surface area contributed by atoms with Crippen LogP contribution in [0.3, 0.4) is 0 Å². The molecule has 0 radical (unpaired) electrons. The summed E-state index contributed by atoms with van der Waals surface area (Å²) in [5.74, 6) is 0.184. The van der Waals surface area contributed by atoms with Gasteiger partial charge in [0.25, 0.3) is 5.91 Å². The number of carbonyl (C=O) groups is 1. The van der Waals surface area contributed by atoms with Crippen molar-refractivity contribution in [3.05, 3.63) is 60.4 Å². The standard InChI is InChI=1S/C18H19N3O3/c1-2-15-11-18(23,14-7-6-10-19-12-14)21(20-15)17(22)13-24-16-8-4-3-5-9-16/h3-10,12,23H,2,11,13H2,1H3. The Labute approximate surface area is 140 Å². The Hall–Kier alpha value is -2.73. The molecule has 24 heavy (non-hydrogen) atoms. The SMILES string of the molecule is CCC1=NN(C(=O)COc2ccccc2)C(O)(c2cccnc2)C1. The molecule has 1 amide bonds. The van der Waals surface area contributed by atoms with Crippen LogP contribution in [-0.4, -0.2) is 33.3 Å². The molecule has 6 nitrogen and oxygen atoms in total. The fraction of sp³-hybridized carbons (Fsp3) is 0.278. The minimum absolute atomic E-state index is 0.201. The van der Waals surface area contributed by atoms with Crippen molar-refractivity contribution < 1.29 is 14.6 Å². The van der Waals surface area contributed by atoms with Crippen LogP contribution < -0.4 is 4.74 Å². The van der Waals surface area contributed by atoms with Crippen molar-refractivity contribution >= 4 is 11.6 Å². The molecule has 1 aromatic heterocycles. The number of hydrogen-bond donors (Lipinski definition) is 1. The first-order valence-corrected chi connectivity index (χ1v) is 7.83. The second kappa shape index (κ2) is 6.80. The lowest BCUT2D eigenvalue weighted by atomic mass is 9.98. The molecule has 0 bridgehead atoms. The van der Waals surface area contributed by atoms with E-state index in [1.807, 2.05) is 25.1 Å². The van der Waals surface area contributed by atoms with Crippen molar-refractivity contribution in [3.8, 4) is 5.75 Å². The van der Waals surface area contributed by atoms with E-state index in [4.69, 9.17) is 4.74 Å². The van der Waals surface area contributed by atoms with Crippen molar-refractivity contribution in [2.75, 3.05) is 6.61 Å². The van der Waals surface area contributed by atoms with Crippen LogP contribution in [0.2, 0.25) is 0 Å². The van der Waals surface area contributed by atoms with Crippen LogP contribution in [0.1, 0.15) is 25.3 Å². The monoisotopic (exact) mass is 325 g/mol. The third kappa shape index (κ3) is 3.14. The van der Waals surface area contributed by atoms with Gasteiger partial charge in [-0.1, -0.05) is 31.2 Å². The Morgan fingerprint density at radius 1 is 1.29 bits per heavy atom. The summed E-state index contributed by atoms with van der Waals surface area (Å²) in [5, 5.41) is 16.5. The zero-order valence-electron chi connectivity index (χ0n) is 13.4. The van der Waals surface area contributed by atoms with Crippen LogP contribution in [-0.2, 0) is 10.5 Å². The molecular weight excluding hydrogens is 306 g/mol. The Balaban J connectivity index is 1.80. The maximum atomic E-state index is 12.6. The minimum Gasteiger partial charge on any atom is -0.484 e. The predicted octanol–water partition coefficient (Wildman–Crippen LogP) is 2.30. The van der Waals surface area contributed by atoms with E-state index in [0.717, 1.165) is 10.7 Å². The van der Waals surface area contributed by atoms with Gasteiger partial charge in [-0.2, -0.15) is 10.1 Å². The normalized spacial score (nSPS) is 19.9. The number of ether oxygens (including phenoxy) is 1. The largest absolute Gasteiger partial charge is 0.484 e. The highest BCUT2D eigenvalue weighted by Gasteiger charge is 2.45. The molecular formula is C18H19N3O3. The number of benzene rings is 1. The first-order chi connectivity index (χ1) is 11.6. The van der Waals surface area contributed by atoms with Gasteiger partial charge in [0.2, 0.25) is 0 Å². The lowest BCUT2D eigenvalue weighted by Gasteiger charge is -2.31. The molecule has 0 aliphatic carbocycles. The molecule has 3 rings (SSSR count). The molecule has 1 N–H and O–H groups in total. The van der Waals surface area contributed by atoms with E-state index in [2.05, 4.69) is 10.1 Å². The number of nitrogens with zero attached hydrogens (tertiary/aromatic N) is 3. The number of aromatic nitrogens is 1. The number of amides is 1. The molecule has 6 heteroatoms. The maximum Gasteiger partial charge on any atom is 0.283 e. The van der Waals surface area contributed by atoms with Gasteiger partial charge >= 0.3 is 0 Å². The molecule has 1 aliphatic rings. The van der Waals surface area contributed by atoms with Crippen molar-refractivity contribution in [2.45, 2.75) is 25.5 Å². The minimum atomic E-state index is -1.52. The summed E-state index contributed by atoms with van der Waals surface area (Å²) in [7, 11) is 0. The number of pyridine rings is 1. The summed E-state index contributed by atoms with van der Waals surface area (Å²) < 4.78 is 5.49. The fourth-order valence-electron chi connectivity index (χ4n) is 2.62. The predicted molar refractivity (Wildman–Crippen MR) is 89.3 cm³/mol. The van der Waals surface area contributed by atoms with Crippen LogP contribution >= 0.6 is 0 Å². The molecule has 0 saturated heterocycles. The summed E-state index contributed by atoms with van der Waals surface area (Å²) >= 11 is 0. The zero-order chi connectivity index (χ0) is 17.0. The van der Waals surface area contributed by atoms with Gasteiger partial charge in [0.05, 0.1) is 0 Å². The van der Waals surface area contributed by atoms with E-state index >= 15 is 0 Å². The van der Waals surface area contributed by atoms with E-state index in [1.54, 1.807) is 36.7 Å². The van der Waals surface area contributed by atoms with Crippen LogP contribution in [0.15, 0.2) is 60.0 Å². The summed E-state index contributed by atoms with van der Waals surface area (Å²) in [6, 6.07) is 12.5. The van der Waals surface area contributed by atoms with E-state index in [-0.39, 0.29) is 13.0 Å². The average molecular weight is 325 g/mol. The van der Waals surface area contributed by atoms with E-state index in [1.165, 1.54) is 0 Å². The van der Waals surface area contributed by atoms with E-state index in [0.29, 0.717) is 17.7 Å². The Kier molecular flexibility index (Phi) is 4.57. The highest BCUT2D eigenvalue weighted by Crippen LogP contribution is 2.35. The van der Waals surface area contributed by atoms with Gasteiger partial charge < -0.3 is 9.84 Å². The second-order valence-electron chi connectivity index (χ2n) is 5.56. The first kappa shape index (κ1) is 16.1. The highest BCUT2D eigenvalue weighted by atomic mass is 16.5. The smallest absolute Gasteiger partial charge is 0.283 e. The summed E-state index contributed by atoms with van der Waals surface area (Å²) in [6.07, 6.45) is 4.10. The third-order valence-electron chi connectivity index (χ3n) is 3.92. The van der Waals surface area contributed by atoms with Crippen molar-refractivity contribution in [2.24, 2.45) is 5.10 Å². The lowest BCUT2D eigenvalue weighted by molar-refractivity contribution is -0.159. The van der Waals surface area contributed by atoms with Crippen molar-refractivity contribution in [1.29, 1.82) is 0 Å². The molecule has 1 atom stereocenters. The zero-order valence-corrected chi connectivity index (χ0v) is 13.4. The second-order valence-corrected chi connectivity index (χ2v) is 5.56. The van der Waals surface area contributed by atoms with Gasteiger partial charge in [-0.05, 0) is 24.6 Å². The average Bonchev–Trinajstić information content (AvgIpc) is 2.99. The Morgan fingerprint density at radius 2 is 2.08 bits per heavy atom. The molecule has 124 valence electrons. The van der Waals surface area contributed by atoms with E-state index in [9.17, 15) is 9.90 Å². The van der Waals surface area contributed by atoms with Crippen LogP contribution in [0.25, 0.3) is 0 Å². The Bertz CT molecular complexity index is 734. The fourth-order valence-corrected chi connectivity index (χ4v) is 2.62. The number of hydrogen-bond acceptors (Lipinski definition) is 5. The number of hydrazone groups is 1. The van der Waals surface area contributed by atoms with Crippen molar-refractivity contribution in [3.63, 3.8) is 0 Å². The molecule has 1 unspecified atom stereocenters. The quantitative estimate of drug-likeness (QED) is 0.915. The molecule has 0 spiro atoms. The molecule has 1 aromatic carbocycles. The van der Waals surface area contributed by atoms with Crippen molar-refractivity contribution in [1.82, 2.24) is 9.99 Å². The molecule has 0 saturated carbocycles. The van der Waals surface area contributed by atoms with Gasteiger partial charge in [0, 0.05) is 30.1 Å². The molecule has 2 aromatic rings. The van der Waals surface area contributed by atoms with Gasteiger partial charge in [-0.15, -0.1) is 0 Å². The van der Waals surface area contributed by atoms with E-state index < -0.39 is 11.6 Å². The molecule has 2 heterocycles. The third-order valence-corrected chi connectivity index (χ3v) is 3.92. The molecule has 0 fully saturated rings. The lowest BCUT2D eigenvalue weighted by Crippen LogP contribution is -2.45. The van der Waals surface area contributed by atoms with Crippen LogP contribution in [0, 0.1) is 0 Å².